The first kappa shape index (κ1) is 15.9. The van der Waals surface area contributed by atoms with Crippen LogP contribution in [0.1, 0.15) is 31.0 Å². The Morgan fingerprint density at radius 1 is 1.20 bits per heavy atom. The van der Waals surface area contributed by atoms with Gasteiger partial charge in [-0.15, -0.1) is 5.10 Å². The number of benzene rings is 1. The predicted octanol–water partition coefficient (Wildman–Crippen LogP) is 2.60. The molecule has 1 amide bonds. The van der Waals surface area contributed by atoms with Gasteiger partial charge in [0.25, 0.3) is 0 Å². The summed E-state index contributed by atoms with van der Waals surface area (Å²) >= 11 is 0. The van der Waals surface area contributed by atoms with E-state index in [9.17, 15) is 4.79 Å². The van der Waals surface area contributed by atoms with Crippen molar-refractivity contribution in [1.29, 1.82) is 0 Å². The molecule has 1 aromatic carbocycles. The molecule has 0 spiro atoms. The fourth-order valence-electron chi connectivity index (χ4n) is 3.31. The van der Waals surface area contributed by atoms with Gasteiger partial charge >= 0.3 is 0 Å². The molecule has 2 aromatic rings. The van der Waals surface area contributed by atoms with Crippen LogP contribution in [0.4, 0.5) is 0 Å². The molecule has 0 N–H and O–H groups in total. The first-order chi connectivity index (χ1) is 12.3. The van der Waals surface area contributed by atoms with Crippen molar-refractivity contribution < 1.29 is 9.53 Å². The van der Waals surface area contributed by atoms with Crippen molar-refractivity contribution in [3.05, 3.63) is 54.4 Å². The van der Waals surface area contributed by atoms with Crippen molar-refractivity contribution >= 4 is 5.91 Å². The lowest BCUT2D eigenvalue weighted by Crippen LogP contribution is -2.52. The van der Waals surface area contributed by atoms with Gasteiger partial charge < -0.3 is 9.64 Å². The SMILES string of the molecule is O=C([C@H]1CC=CCC1)N1CC(n2cc(COc3ccccc3)nn2)C1. The highest BCUT2D eigenvalue weighted by Gasteiger charge is 2.35. The van der Waals surface area contributed by atoms with Gasteiger partial charge in [0.05, 0.1) is 12.2 Å². The highest BCUT2D eigenvalue weighted by atomic mass is 16.5. The molecule has 6 heteroatoms. The highest BCUT2D eigenvalue weighted by Crippen LogP contribution is 2.27. The Balaban J connectivity index is 1.27. The highest BCUT2D eigenvalue weighted by molar-refractivity contribution is 5.80. The molecule has 0 saturated carbocycles. The molecule has 1 aromatic heterocycles. The molecule has 1 aliphatic heterocycles. The van der Waals surface area contributed by atoms with Crippen LogP contribution >= 0.6 is 0 Å². The topological polar surface area (TPSA) is 60.2 Å². The number of aromatic nitrogens is 3. The van der Waals surface area contributed by atoms with E-state index in [1.807, 2.05) is 46.1 Å². The zero-order valence-electron chi connectivity index (χ0n) is 14.1. The van der Waals surface area contributed by atoms with Crippen LogP contribution in [0.2, 0.25) is 0 Å². The molecule has 0 radical (unpaired) electrons. The number of allylic oxidation sites excluding steroid dienone is 2. The maximum absolute atomic E-state index is 12.4. The summed E-state index contributed by atoms with van der Waals surface area (Å²) < 4.78 is 7.54. The van der Waals surface area contributed by atoms with Crippen molar-refractivity contribution in [3.8, 4) is 5.75 Å². The number of carbonyl (C=O) groups excluding carboxylic acids is 1. The summed E-state index contributed by atoms with van der Waals surface area (Å²) in [6, 6.07) is 9.89. The first-order valence-corrected chi connectivity index (χ1v) is 8.82. The van der Waals surface area contributed by atoms with Crippen LogP contribution in [0.5, 0.6) is 5.75 Å². The Morgan fingerprint density at radius 3 is 2.80 bits per heavy atom. The van der Waals surface area contributed by atoms with E-state index in [0.29, 0.717) is 6.61 Å². The molecule has 2 aliphatic rings. The Morgan fingerprint density at radius 2 is 2.04 bits per heavy atom. The van der Waals surface area contributed by atoms with Crippen LogP contribution < -0.4 is 4.74 Å². The molecule has 130 valence electrons. The fourth-order valence-corrected chi connectivity index (χ4v) is 3.31. The fraction of sp³-hybridized carbons (Fsp3) is 0.421. The standard InChI is InChI=1S/C19H22N4O2/c24-19(15-7-3-1-4-8-15)22-12-17(13-22)23-11-16(20-21-23)14-25-18-9-5-2-6-10-18/h1-3,5-6,9-11,15,17H,4,7-8,12-14H2/t15-/m0/s1. The summed E-state index contributed by atoms with van der Waals surface area (Å²) in [5.74, 6) is 1.27. The molecule has 4 rings (SSSR count). The number of ether oxygens (including phenoxy) is 1. The molecule has 0 bridgehead atoms. The Labute approximate surface area is 147 Å². The minimum absolute atomic E-state index is 0.163. The summed E-state index contributed by atoms with van der Waals surface area (Å²) in [5.41, 5.74) is 0.797. The Bertz CT molecular complexity index is 750. The predicted molar refractivity (Wildman–Crippen MR) is 92.9 cm³/mol. The van der Waals surface area contributed by atoms with Gasteiger partial charge in [0, 0.05) is 19.0 Å². The van der Waals surface area contributed by atoms with Crippen molar-refractivity contribution in [2.24, 2.45) is 5.92 Å². The maximum Gasteiger partial charge on any atom is 0.226 e. The summed E-state index contributed by atoms with van der Waals surface area (Å²) in [5, 5.41) is 8.36. The van der Waals surface area contributed by atoms with E-state index in [4.69, 9.17) is 4.74 Å². The van der Waals surface area contributed by atoms with Crippen molar-refractivity contribution in [1.82, 2.24) is 19.9 Å². The van der Waals surface area contributed by atoms with E-state index in [-0.39, 0.29) is 17.9 Å². The second kappa shape index (κ2) is 7.09. The largest absolute Gasteiger partial charge is 0.487 e. The van der Waals surface area contributed by atoms with Crippen molar-refractivity contribution in [3.63, 3.8) is 0 Å². The minimum Gasteiger partial charge on any atom is -0.487 e. The van der Waals surface area contributed by atoms with Gasteiger partial charge in [-0.1, -0.05) is 35.6 Å². The summed E-state index contributed by atoms with van der Waals surface area (Å²) in [6.07, 6.45) is 9.07. The smallest absolute Gasteiger partial charge is 0.226 e. The molecule has 1 atom stereocenters. The zero-order chi connectivity index (χ0) is 17.1. The zero-order valence-corrected chi connectivity index (χ0v) is 14.1. The Hall–Kier alpha value is -2.63. The number of hydrogen-bond donors (Lipinski definition) is 0. The number of hydrogen-bond acceptors (Lipinski definition) is 4. The average molecular weight is 338 g/mol. The molecule has 1 fully saturated rings. The number of rotatable bonds is 5. The first-order valence-electron chi connectivity index (χ1n) is 8.82. The molecule has 2 heterocycles. The number of para-hydroxylation sites is 1. The van der Waals surface area contributed by atoms with E-state index >= 15 is 0 Å². The number of likely N-dealkylation sites (tertiary alicyclic amines) is 1. The van der Waals surface area contributed by atoms with Gasteiger partial charge in [0.15, 0.2) is 0 Å². The monoisotopic (exact) mass is 338 g/mol. The minimum atomic E-state index is 0.163. The van der Waals surface area contributed by atoms with Gasteiger partial charge in [-0.3, -0.25) is 4.79 Å². The number of carbonyl (C=O) groups is 1. The summed E-state index contributed by atoms with van der Waals surface area (Å²) in [6.45, 7) is 1.84. The number of nitrogens with zero attached hydrogens (tertiary/aromatic N) is 4. The van der Waals surface area contributed by atoms with Crippen LogP contribution in [-0.2, 0) is 11.4 Å². The van der Waals surface area contributed by atoms with Gasteiger partial charge in [0.1, 0.15) is 18.1 Å². The quantitative estimate of drug-likeness (QED) is 0.786. The van der Waals surface area contributed by atoms with Gasteiger partial charge in [-0.25, -0.2) is 4.68 Å². The molecular weight excluding hydrogens is 316 g/mol. The van der Waals surface area contributed by atoms with Crippen LogP contribution in [0, 0.1) is 5.92 Å². The van der Waals surface area contributed by atoms with E-state index in [0.717, 1.165) is 43.8 Å². The third-order valence-electron chi connectivity index (χ3n) is 4.85. The van der Waals surface area contributed by atoms with Crippen molar-refractivity contribution in [2.45, 2.75) is 31.9 Å². The Kier molecular flexibility index (Phi) is 4.50. The maximum atomic E-state index is 12.4. The normalized spacial score (nSPS) is 20.3. The summed E-state index contributed by atoms with van der Waals surface area (Å²) in [7, 11) is 0. The summed E-state index contributed by atoms with van der Waals surface area (Å²) in [4.78, 5) is 14.4. The van der Waals surface area contributed by atoms with Crippen LogP contribution in [0.15, 0.2) is 48.7 Å². The second-order valence-corrected chi connectivity index (χ2v) is 6.67. The lowest BCUT2D eigenvalue weighted by atomic mass is 9.91. The van der Waals surface area contributed by atoms with E-state index in [2.05, 4.69) is 22.5 Å². The molecular formula is C19H22N4O2. The molecule has 25 heavy (non-hydrogen) atoms. The van der Waals surface area contributed by atoms with Gasteiger partial charge in [0.2, 0.25) is 5.91 Å². The van der Waals surface area contributed by atoms with Crippen LogP contribution in [0.3, 0.4) is 0 Å². The van der Waals surface area contributed by atoms with E-state index in [1.165, 1.54) is 0 Å². The molecule has 1 saturated heterocycles. The lowest BCUT2D eigenvalue weighted by Gasteiger charge is -2.40. The lowest BCUT2D eigenvalue weighted by molar-refractivity contribution is -0.141. The number of amides is 1. The van der Waals surface area contributed by atoms with Crippen molar-refractivity contribution in [2.75, 3.05) is 13.1 Å². The average Bonchev–Trinajstić information content (AvgIpc) is 3.09. The molecule has 6 nitrogen and oxygen atoms in total. The third-order valence-corrected chi connectivity index (χ3v) is 4.85. The van der Waals surface area contributed by atoms with Crippen LogP contribution in [0.25, 0.3) is 0 Å². The van der Waals surface area contributed by atoms with E-state index in [1.54, 1.807) is 0 Å². The van der Waals surface area contributed by atoms with Gasteiger partial charge in [-0.2, -0.15) is 0 Å². The molecule has 1 aliphatic carbocycles. The van der Waals surface area contributed by atoms with E-state index < -0.39 is 0 Å². The van der Waals surface area contributed by atoms with Gasteiger partial charge in [-0.05, 0) is 31.4 Å². The molecule has 0 unspecified atom stereocenters. The second-order valence-electron chi connectivity index (χ2n) is 6.67. The van der Waals surface area contributed by atoms with Crippen LogP contribution in [-0.4, -0.2) is 38.9 Å². The third kappa shape index (κ3) is 3.57.